The standard InChI is InChI=1S/C11H14FIN2/c12-10-3-5-15(6-4-10)8-9-1-2-11(13)14-7-9/h1-2,7,10H,3-6,8H2. The zero-order valence-corrected chi connectivity index (χ0v) is 10.7. The van der Waals surface area contributed by atoms with Crippen LogP contribution in [-0.4, -0.2) is 29.1 Å². The SMILES string of the molecule is FC1CCN(Cc2ccc(I)nc2)CC1. The number of hydrogen-bond acceptors (Lipinski definition) is 2. The molecule has 15 heavy (non-hydrogen) atoms. The van der Waals surface area contributed by atoms with Crippen LogP contribution in [0.4, 0.5) is 4.39 Å². The number of piperidine rings is 1. The average Bonchev–Trinajstić information content (AvgIpc) is 2.25. The Morgan fingerprint density at radius 3 is 2.73 bits per heavy atom. The molecule has 0 unspecified atom stereocenters. The first kappa shape index (κ1) is 11.3. The topological polar surface area (TPSA) is 16.1 Å². The van der Waals surface area contributed by atoms with Crippen molar-refractivity contribution in [3.05, 3.63) is 27.6 Å². The van der Waals surface area contributed by atoms with Gasteiger partial charge in [-0.15, -0.1) is 0 Å². The monoisotopic (exact) mass is 320 g/mol. The molecule has 0 amide bonds. The summed E-state index contributed by atoms with van der Waals surface area (Å²) in [6, 6.07) is 4.11. The van der Waals surface area contributed by atoms with E-state index in [1.54, 1.807) is 0 Å². The molecule has 2 heterocycles. The fourth-order valence-electron chi connectivity index (χ4n) is 1.82. The molecule has 2 nitrogen and oxygen atoms in total. The Morgan fingerprint density at radius 1 is 1.40 bits per heavy atom. The second-order valence-corrected chi connectivity index (χ2v) is 5.05. The van der Waals surface area contributed by atoms with Crippen LogP contribution < -0.4 is 0 Å². The predicted molar refractivity (Wildman–Crippen MR) is 66.4 cm³/mol. The number of pyridine rings is 1. The number of alkyl halides is 1. The van der Waals surface area contributed by atoms with Gasteiger partial charge in [0.15, 0.2) is 0 Å². The number of likely N-dealkylation sites (tertiary alicyclic amines) is 1. The lowest BCUT2D eigenvalue weighted by Gasteiger charge is -2.28. The molecule has 0 saturated carbocycles. The van der Waals surface area contributed by atoms with Crippen LogP contribution in [0, 0.1) is 3.70 Å². The second kappa shape index (κ2) is 5.21. The van der Waals surface area contributed by atoms with Crippen LogP contribution >= 0.6 is 22.6 Å². The highest BCUT2D eigenvalue weighted by Crippen LogP contribution is 2.15. The molecule has 4 heteroatoms. The Hall–Kier alpha value is -0.230. The van der Waals surface area contributed by atoms with E-state index in [0.717, 1.165) is 23.3 Å². The first-order valence-electron chi connectivity index (χ1n) is 5.21. The van der Waals surface area contributed by atoms with Crippen molar-refractivity contribution in [2.24, 2.45) is 0 Å². The van der Waals surface area contributed by atoms with Crippen LogP contribution in [0.25, 0.3) is 0 Å². The minimum absolute atomic E-state index is 0.587. The third-order valence-electron chi connectivity index (χ3n) is 2.71. The van der Waals surface area contributed by atoms with Crippen LogP contribution in [0.3, 0.4) is 0 Å². The Bertz CT molecular complexity index is 307. The fourth-order valence-corrected chi connectivity index (χ4v) is 2.14. The molecule has 0 atom stereocenters. The van der Waals surface area contributed by atoms with Gasteiger partial charge >= 0.3 is 0 Å². The molecule has 1 saturated heterocycles. The van der Waals surface area contributed by atoms with Crippen molar-refractivity contribution in [2.45, 2.75) is 25.6 Å². The molecule has 1 aromatic heterocycles. The maximum atomic E-state index is 12.9. The maximum absolute atomic E-state index is 12.9. The Balaban J connectivity index is 1.89. The van der Waals surface area contributed by atoms with E-state index in [9.17, 15) is 4.39 Å². The summed E-state index contributed by atoms with van der Waals surface area (Å²) in [6.45, 7) is 2.64. The van der Waals surface area contributed by atoms with Crippen molar-refractivity contribution in [3.63, 3.8) is 0 Å². The van der Waals surface area contributed by atoms with E-state index >= 15 is 0 Å². The molecule has 1 aliphatic heterocycles. The maximum Gasteiger partial charge on any atom is 0.103 e. The van der Waals surface area contributed by atoms with Gasteiger partial charge in [0.25, 0.3) is 0 Å². The van der Waals surface area contributed by atoms with Gasteiger partial charge in [0.1, 0.15) is 9.87 Å². The van der Waals surface area contributed by atoms with Crippen LogP contribution in [0.5, 0.6) is 0 Å². The lowest BCUT2D eigenvalue weighted by molar-refractivity contribution is 0.145. The summed E-state index contributed by atoms with van der Waals surface area (Å²) in [4.78, 5) is 6.54. The first-order valence-corrected chi connectivity index (χ1v) is 6.29. The zero-order chi connectivity index (χ0) is 10.7. The van der Waals surface area contributed by atoms with Gasteiger partial charge < -0.3 is 0 Å². The van der Waals surface area contributed by atoms with Gasteiger partial charge in [-0.25, -0.2) is 4.39 Å². The normalized spacial score (nSPS) is 19.3. The highest BCUT2D eigenvalue weighted by molar-refractivity contribution is 14.1. The van der Waals surface area contributed by atoms with Crippen molar-refractivity contribution in [2.75, 3.05) is 13.1 Å². The van der Waals surface area contributed by atoms with Crippen LogP contribution in [0.1, 0.15) is 18.4 Å². The van der Waals surface area contributed by atoms with Crippen LogP contribution in [0.15, 0.2) is 18.3 Å². The molecule has 2 rings (SSSR count). The van der Waals surface area contributed by atoms with E-state index in [0.29, 0.717) is 12.8 Å². The van der Waals surface area contributed by atoms with E-state index in [4.69, 9.17) is 0 Å². The molecular weight excluding hydrogens is 306 g/mol. The highest BCUT2D eigenvalue weighted by atomic mass is 127. The molecular formula is C11H14FIN2. The van der Waals surface area contributed by atoms with Crippen molar-refractivity contribution < 1.29 is 4.39 Å². The van der Waals surface area contributed by atoms with E-state index in [1.807, 2.05) is 12.3 Å². The third-order valence-corrected chi connectivity index (χ3v) is 3.35. The summed E-state index contributed by atoms with van der Waals surface area (Å²) in [5, 5.41) is 0. The second-order valence-electron chi connectivity index (χ2n) is 3.94. The van der Waals surface area contributed by atoms with Gasteiger partial charge in [-0.2, -0.15) is 0 Å². The summed E-state index contributed by atoms with van der Waals surface area (Å²) < 4.78 is 13.9. The van der Waals surface area contributed by atoms with E-state index in [-0.39, 0.29) is 0 Å². The Kier molecular flexibility index (Phi) is 3.91. The van der Waals surface area contributed by atoms with Crippen LogP contribution in [0.2, 0.25) is 0 Å². The zero-order valence-electron chi connectivity index (χ0n) is 8.50. The third kappa shape index (κ3) is 3.38. The smallest absolute Gasteiger partial charge is 0.103 e. The molecule has 82 valence electrons. The minimum Gasteiger partial charge on any atom is -0.299 e. The molecule has 1 fully saturated rings. The number of halogens is 2. The Labute approximate surface area is 103 Å². The first-order chi connectivity index (χ1) is 7.24. The minimum atomic E-state index is -0.587. The van der Waals surface area contributed by atoms with Crippen molar-refractivity contribution in [1.82, 2.24) is 9.88 Å². The van der Waals surface area contributed by atoms with Crippen molar-refractivity contribution in [1.29, 1.82) is 0 Å². The van der Waals surface area contributed by atoms with Crippen molar-refractivity contribution in [3.8, 4) is 0 Å². The lowest BCUT2D eigenvalue weighted by atomic mass is 10.1. The van der Waals surface area contributed by atoms with Gasteiger partial charge in [-0.3, -0.25) is 9.88 Å². The summed E-state index contributed by atoms with van der Waals surface area (Å²) in [6.07, 6.45) is 2.68. The van der Waals surface area contributed by atoms with E-state index in [1.165, 1.54) is 5.56 Å². The molecule has 1 aromatic rings. The van der Waals surface area contributed by atoms with Gasteiger partial charge in [-0.1, -0.05) is 6.07 Å². The number of hydrogen-bond donors (Lipinski definition) is 0. The van der Waals surface area contributed by atoms with Crippen LogP contribution in [-0.2, 0) is 6.54 Å². The molecule has 0 N–H and O–H groups in total. The number of nitrogens with zero attached hydrogens (tertiary/aromatic N) is 2. The quantitative estimate of drug-likeness (QED) is 0.615. The number of aromatic nitrogens is 1. The van der Waals surface area contributed by atoms with Crippen molar-refractivity contribution >= 4 is 22.6 Å². The largest absolute Gasteiger partial charge is 0.299 e. The Morgan fingerprint density at radius 2 is 2.13 bits per heavy atom. The molecule has 0 bridgehead atoms. The van der Waals surface area contributed by atoms with E-state index in [2.05, 4.69) is 38.5 Å². The summed E-state index contributed by atoms with van der Waals surface area (Å²) >= 11 is 2.20. The van der Waals surface area contributed by atoms with Gasteiger partial charge in [0.05, 0.1) is 0 Å². The molecule has 0 aromatic carbocycles. The molecule has 0 radical (unpaired) electrons. The van der Waals surface area contributed by atoms with Gasteiger partial charge in [-0.05, 0) is 47.1 Å². The van der Waals surface area contributed by atoms with Gasteiger partial charge in [0.2, 0.25) is 0 Å². The number of rotatable bonds is 2. The average molecular weight is 320 g/mol. The molecule has 1 aliphatic rings. The summed E-state index contributed by atoms with van der Waals surface area (Å²) in [5.41, 5.74) is 1.22. The lowest BCUT2D eigenvalue weighted by Crippen LogP contribution is -2.33. The summed E-state index contributed by atoms with van der Waals surface area (Å²) in [7, 11) is 0. The summed E-state index contributed by atoms with van der Waals surface area (Å²) in [5.74, 6) is 0. The highest BCUT2D eigenvalue weighted by Gasteiger charge is 2.18. The molecule has 0 spiro atoms. The predicted octanol–water partition coefficient (Wildman–Crippen LogP) is 2.62. The molecule has 0 aliphatic carbocycles. The fraction of sp³-hybridized carbons (Fsp3) is 0.545. The van der Waals surface area contributed by atoms with E-state index < -0.39 is 6.17 Å². The van der Waals surface area contributed by atoms with Gasteiger partial charge in [0, 0.05) is 25.8 Å².